The first-order valence-corrected chi connectivity index (χ1v) is 8.03. The lowest BCUT2D eigenvalue weighted by molar-refractivity contribution is 0.277. The third-order valence-electron chi connectivity index (χ3n) is 3.58. The van der Waals surface area contributed by atoms with Crippen LogP contribution >= 0.6 is 0 Å². The molecule has 7 heteroatoms. The van der Waals surface area contributed by atoms with Gasteiger partial charge in [0.05, 0.1) is 11.5 Å². The molecule has 0 spiro atoms. The molecule has 19 heavy (non-hydrogen) atoms. The second kappa shape index (κ2) is 6.04. The maximum Gasteiger partial charge on any atom is 0.242 e. The molecule has 6 nitrogen and oxygen atoms in total. The number of H-pyrrole nitrogens is 1. The Kier molecular flexibility index (Phi) is 4.62. The van der Waals surface area contributed by atoms with Gasteiger partial charge in [-0.15, -0.1) is 0 Å². The van der Waals surface area contributed by atoms with Crippen molar-refractivity contribution < 1.29 is 13.5 Å². The van der Waals surface area contributed by atoms with Gasteiger partial charge in [0.25, 0.3) is 0 Å². The first-order chi connectivity index (χ1) is 9.05. The molecule has 3 N–H and O–H groups in total. The predicted octanol–water partition coefficient (Wildman–Crippen LogP) is 0.127. The highest BCUT2D eigenvalue weighted by Crippen LogP contribution is 2.16. The number of nitrogens with one attached hydrogen (secondary N) is 2. The summed E-state index contributed by atoms with van der Waals surface area (Å²) in [7, 11) is -3.47. The molecule has 0 saturated carbocycles. The number of rotatable bonds is 6. The molecule has 2 rings (SSSR count). The van der Waals surface area contributed by atoms with E-state index < -0.39 is 10.0 Å². The average molecular weight is 287 g/mol. The summed E-state index contributed by atoms with van der Waals surface area (Å²) in [5.74, 6) is 0.381. The maximum atomic E-state index is 12.0. The largest absolute Gasteiger partial charge is 0.390 e. The molecule has 2 heterocycles. The van der Waals surface area contributed by atoms with Crippen molar-refractivity contribution in [2.45, 2.75) is 24.8 Å². The number of hydrogen-bond donors (Lipinski definition) is 3. The fourth-order valence-corrected chi connectivity index (χ4v) is 3.48. The van der Waals surface area contributed by atoms with Gasteiger partial charge in [0.15, 0.2) is 0 Å². The maximum absolute atomic E-state index is 12.0. The Labute approximate surface area is 113 Å². The van der Waals surface area contributed by atoms with Gasteiger partial charge in [-0.1, -0.05) is 6.92 Å². The fraction of sp³-hybridized carbons (Fsp3) is 0.667. The molecular weight excluding hydrogens is 266 g/mol. The van der Waals surface area contributed by atoms with Crippen molar-refractivity contribution in [2.75, 3.05) is 26.2 Å². The van der Waals surface area contributed by atoms with Crippen molar-refractivity contribution >= 4 is 10.0 Å². The van der Waals surface area contributed by atoms with Crippen LogP contribution in [0.3, 0.4) is 0 Å². The van der Waals surface area contributed by atoms with Crippen molar-refractivity contribution in [1.29, 1.82) is 0 Å². The number of aliphatic hydroxyl groups is 1. The number of aliphatic hydroxyl groups excluding tert-OH is 1. The minimum Gasteiger partial charge on any atom is -0.390 e. The van der Waals surface area contributed by atoms with Crippen LogP contribution in [0, 0.1) is 5.92 Å². The molecule has 1 fully saturated rings. The van der Waals surface area contributed by atoms with Gasteiger partial charge < -0.3 is 15.0 Å². The molecule has 1 unspecified atom stereocenters. The summed E-state index contributed by atoms with van der Waals surface area (Å²) >= 11 is 0. The van der Waals surface area contributed by atoms with E-state index in [1.807, 2.05) is 0 Å². The van der Waals surface area contributed by atoms with E-state index in [0.717, 1.165) is 26.1 Å². The molecule has 0 radical (unpaired) electrons. The molecule has 1 saturated heterocycles. The molecule has 1 aliphatic rings. The van der Waals surface area contributed by atoms with Crippen LogP contribution < -0.4 is 4.72 Å². The van der Waals surface area contributed by atoms with Gasteiger partial charge in [-0.25, -0.2) is 13.1 Å². The summed E-state index contributed by atoms with van der Waals surface area (Å²) in [5.41, 5.74) is 0.499. The van der Waals surface area contributed by atoms with Crippen LogP contribution in [0.1, 0.15) is 19.0 Å². The van der Waals surface area contributed by atoms with Crippen molar-refractivity contribution in [2.24, 2.45) is 5.92 Å². The van der Waals surface area contributed by atoms with Crippen LogP contribution in [0.15, 0.2) is 17.2 Å². The molecule has 108 valence electrons. The smallest absolute Gasteiger partial charge is 0.242 e. The van der Waals surface area contributed by atoms with Crippen molar-refractivity contribution in [1.82, 2.24) is 14.6 Å². The minimum atomic E-state index is -3.47. The van der Waals surface area contributed by atoms with Crippen molar-refractivity contribution in [3.63, 3.8) is 0 Å². The van der Waals surface area contributed by atoms with E-state index in [0.29, 0.717) is 18.2 Å². The zero-order valence-corrected chi connectivity index (χ0v) is 11.9. The quantitative estimate of drug-likeness (QED) is 0.694. The van der Waals surface area contributed by atoms with Gasteiger partial charge in [0.1, 0.15) is 0 Å². The number of nitrogens with zero attached hydrogens (tertiary/aromatic N) is 1. The first kappa shape index (κ1) is 14.5. The number of aromatic nitrogens is 1. The van der Waals surface area contributed by atoms with Crippen LogP contribution in [0.25, 0.3) is 0 Å². The Balaban J connectivity index is 1.91. The molecule has 0 aromatic carbocycles. The predicted molar refractivity (Wildman–Crippen MR) is 72.1 cm³/mol. The third-order valence-corrected chi connectivity index (χ3v) is 4.98. The third kappa shape index (κ3) is 3.56. The highest BCUT2D eigenvalue weighted by molar-refractivity contribution is 7.89. The van der Waals surface area contributed by atoms with E-state index in [-0.39, 0.29) is 11.5 Å². The van der Waals surface area contributed by atoms with E-state index in [1.54, 1.807) is 0 Å². The van der Waals surface area contributed by atoms with Gasteiger partial charge in [-0.2, -0.15) is 0 Å². The summed E-state index contributed by atoms with van der Waals surface area (Å²) in [6.07, 6.45) is 2.44. The number of sulfonamides is 1. The standard InChI is InChI=1S/C12H21N3O3S/c1-2-15-4-3-10(8-15)6-14-19(17,18)12-5-11(9-16)13-7-12/h5,7,10,13-14,16H,2-4,6,8-9H2,1H3. The van der Waals surface area contributed by atoms with Gasteiger partial charge in [0, 0.05) is 25.0 Å². The molecular formula is C12H21N3O3S. The van der Waals surface area contributed by atoms with Crippen LogP contribution in [0.5, 0.6) is 0 Å². The van der Waals surface area contributed by atoms with E-state index in [4.69, 9.17) is 5.11 Å². The molecule has 0 aliphatic carbocycles. The van der Waals surface area contributed by atoms with Crippen LogP contribution in [-0.2, 0) is 16.6 Å². The minimum absolute atomic E-state index is 0.182. The molecule has 1 atom stereocenters. The van der Waals surface area contributed by atoms with E-state index in [9.17, 15) is 8.42 Å². The number of hydrogen-bond acceptors (Lipinski definition) is 4. The Bertz CT molecular complexity index is 512. The average Bonchev–Trinajstić information content (AvgIpc) is 3.05. The van der Waals surface area contributed by atoms with E-state index in [1.165, 1.54) is 12.3 Å². The van der Waals surface area contributed by atoms with E-state index >= 15 is 0 Å². The monoisotopic (exact) mass is 287 g/mol. The highest BCUT2D eigenvalue weighted by Gasteiger charge is 2.23. The van der Waals surface area contributed by atoms with Gasteiger partial charge in [-0.05, 0) is 31.5 Å². The lowest BCUT2D eigenvalue weighted by Crippen LogP contribution is -2.30. The molecule has 0 amide bonds. The Morgan fingerprint density at radius 1 is 1.58 bits per heavy atom. The number of likely N-dealkylation sites (tertiary alicyclic amines) is 1. The topological polar surface area (TPSA) is 85.4 Å². The lowest BCUT2D eigenvalue weighted by Gasteiger charge is -2.13. The molecule has 1 aliphatic heterocycles. The van der Waals surface area contributed by atoms with Crippen molar-refractivity contribution in [3.8, 4) is 0 Å². The Morgan fingerprint density at radius 2 is 2.37 bits per heavy atom. The van der Waals surface area contributed by atoms with Gasteiger partial charge in [-0.3, -0.25) is 0 Å². The summed E-state index contributed by atoms with van der Waals surface area (Å²) in [4.78, 5) is 5.23. The van der Waals surface area contributed by atoms with Crippen LogP contribution in [-0.4, -0.2) is 49.6 Å². The van der Waals surface area contributed by atoms with E-state index in [2.05, 4.69) is 21.5 Å². The highest BCUT2D eigenvalue weighted by atomic mass is 32.2. The molecule has 1 aromatic rings. The fourth-order valence-electron chi connectivity index (χ4n) is 2.34. The van der Waals surface area contributed by atoms with Crippen LogP contribution in [0.4, 0.5) is 0 Å². The molecule has 1 aromatic heterocycles. The lowest BCUT2D eigenvalue weighted by atomic mass is 10.1. The van der Waals surface area contributed by atoms with Crippen molar-refractivity contribution in [3.05, 3.63) is 18.0 Å². The summed E-state index contributed by atoms with van der Waals surface area (Å²) in [5, 5.41) is 8.92. The summed E-state index contributed by atoms with van der Waals surface area (Å²) < 4.78 is 26.7. The number of aromatic amines is 1. The van der Waals surface area contributed by atoms with Crippen LogP contribution in [0.2, 0.25) is 0 Å². The second-order valence-electron chi connectivity index (χ2n) is 4.92. The SMILES string of the molecule is CCN1CCC(CNS(=O)(=O)c2c[nH]c(CO)c2)C1. The zero-order valence-electron chi connectivity index (χ0n) is 11.1. The van der Waals surface area contributed by atoms with Gasteiger partial charge >= 0.3 is 0 Å². The Hall–Kier alpha value is -0.890. The zero-order chi connectivity index (χ0) is 13.9. The summed E-state index contributed by atoms with van der Waals surface area (Å²) in [6, 6.07) is 1.45. The second-order valence-corrected chi connectivity index (χ2v) is 6.69. The first-order valence-electron chi connectivity index (χ1n) is 6.55. The molecule has 0 bridgehead atoms. The normalized spacial score (nSPS) is 21.1. The summed E-state index contributed by atoms with van der Waals surface area (Å²) in [6.45, 7) is 5.40. The Morgan fingerprint density at radius 3 is 2.95 bits per heavy atom. The van der Waals surface area contributed by atoms with Gasteiger partial charge in [0.2, 0.25) is 10.0 Å².